The van der Waals surface area contributed by atoms with Gasteiger partial charge in [0, 0.05) is 11.9 Å². The number of hydrogen-bond donors (Lipinski definition) is 2. The van der Waals surface area contributed by atoms with E-state index in [4.69, 9.17) is 16.3 Å². The fourth-order valence-corrected chi connectivity index (χ4v) is 3.55. The predicted molar refractivity (Wildman–Crippen MR) is 114 cm³/mol. The van der Waals surface area contributed by atoms with Crippen LogP contribution < -0.4 is 15.0 Å². The lowest BCUT2D eigenvalue weighted by molar-refractivity contribution is -0.137. The van der Waals surface area contributed by atoms with E-state index in [2.05, 4.69) is 10.3 Å². The highest BCUT2D eigenvalue weighted by Crippen LogP contribution is 2.40. The number of alkyl halides is 3. The molecule has 2 N–H and O–H groups in total. The maximum absolute atomic E-state index is 12.9. The van der Waals surface area contributed by atoms with Crippen molar-refractivity contribution in [3.8, 4) is 5.75 Å². The molecule has 0 saturated heterocycles. The molecule has 166 valence electrons. The number of aliphatic hydroxyl groups is 1. The highest BCUT2D eigenvalue weighted by molar-refractivity contribution is 6.33. The number of ether oxygens (including phenoxy) is 1. The van der Waals surface area contributed by atoms with Gasteiger partial charge in [-0.25, -0.2) is 4.98 Å². The van der Waals surface area contributed by atoms with Gasteiger partial charge in [0.2, 0.25) is 0 Å². The first-order chi connectivity index (χ1) is 15.2. The highest BCUT2D eigenvalue weighted by Gasteiger charge is 2.31. The molecule has 10 heteroatoms. The number of pyridine rings is 1. The molecular weight excluding hydrogens is 447 g/mol. The van der Waals surface area contributed by atoms with E-state index in [1.807, 2.05) is 0 Å². The summed E-state index contributed by atoms with van der Waals surface area (Å²) in [7, 11) is 0. The second kappa shape index (κ2) is 8.68. The Labute approximate surface area is 186 Å². The van der Waals surface area contributed by atoms with Gasteiger partial charge in [0.15, 0.2) is 11.6 Å². The molecular formula is C22H17ClF3N3O3. The zero-order valence-electron chi connectivity index (χ0n) is 16.4. The quantitative estimate of drug-likeness (QED) is 0.578. The molecule has 0 bridgehead atoms. The summed E-state index contributed by atoms with van der Waals surface area (Å²) in [5.41, 5.74) is -0.000985. The van der Waals surface area contributed by atoms with Crippen molar-refractivity contribution in [3.63, 3.8) is 0 Å². The molecule has 1 unspecified atom stereocenters. The third kappa shape index (κ3) is 4.49. The Morgan fingerprint density at radius 1 is 1.16 bits per heavy atom. The normalized spacial score (nSPS) is 16.0. The van der Waals surface area contributed by atoms with Crippen LogP contribution in [0, 0.1) is 0 Å². The van der Waals surface area contributed by atoms with E-state index in [-0.39, 0.29) is 30.2 Å². The number of carbonyl (C=O) groups excluding carboxylic acids is 1. The van der Waals surface area contributed by atoms with Gasteiger partial charge >= 0.3 is 6.18 Å². The number of aromatic nitrogens is 1. The largest absolute Gasteiger partial charge is 0.488 e. The monoisotopic (exact) mass is 463 g/mol. The van der Waals surface area contributed by atoms with Crippen LogP contribution in [0.15, 0.2) is 60.8 Å². The second-order valence-electron chi connectivity index (χ2n) is 7.07. The Morgan fingerprint density at radius 3 is 2.59 bits per heavy atom. The molecule has 1 amide bonds. The fourth-order valence-electron chi connectivity index (χ4n) is 3.33. The number of benzene rings is 2. The number of aliphatic hydroxyl groups excluding tert-OH is 1. The first-order valence-corrected chi connectivity index (χ1v) is 9.92. The maximum Gasteiger partial charge on any atom is 0.416 e. The van der Waals surface area contributed by atoms with Gasteiger partial charge in [-0.15, -0.1) is 0 Å². The number of carbonyl (C=O) groups is 1. The van der Waals surface area contributed by atoms with Crippen molar-refractivity contribution >= 4 is 34.7 Å². The molecule has 3 aromatic rings. The van der Waals surface area contributed by atoms with Gasteiger partial charge in [0.05, 0.1) is 28.4 Å². The highest BCUT2D eigenvalue weighted by atomic mass is 35.5. The molecule has 0 fully saturated rings. The molecule has 1 aromatic heterocycles. The van der Waals surface area contributed by atoms with Crippen LogP contribution in [-0.4, -0.2) is 35.3 Å². The number of amides is 1. The van der Waals surface area contributed by atoms with Crippen molar-refractivity contribution < 1.29 is 27.8 Å². The molecule has 0 saturated carbocycles. The van der Waals surface area contributed by atoms with Crippen molar-refractivity contribution in [2.75, 3.05) is 23.4 Å². The van der Waals surface area contributed by atoms with Crippen molar-refractivity contribution in [1.82, 2.24) is 4.98 Å². The van der Waals surface area contributed by atoms with Gasteiger partial charge in [-0.2, -0.15) is 13.2 Å². The third-order valence-corrected chi connectivity index (χ3v) is 5.10. The fraction of sp³-hybridized carbons (Fsp3) is 0.182. The topological polar surface area (TPSA) is 74.7 Å². The summed E-state index contributed by atoms with van der Waals surface area (Å²) in [5, 5.41) is 13.2. The number of fused-ring (bicyclic) bond motifs is 1. The minimum absolute atomic E-state index is 0.0709. The van der Waals surface area contributed by atoms with Gasteiger partial charge in [-0.3, -0.25) is 4.79 Å². The Hall–Kier alpha value is -3.30. The molecule has 2 aromatic carbocycles. The predicted octanol–water partition coefficient (Wildman–Crippen LogP) is 4.90. The number of nitrogens with one attached hydrogen (secondary N) is 1. The Kier molecular flexibility index (Phi) is 5.94. The molecule has 32 heavy (non-hydrogen) atoms. The first kappa shape index (κ1) is 21.9. The summed E-state index contributed by atoms with van der Waals surface area (Å²) < 4.78 is 44.0. The van der Waals surface area contributed by atoms with E-state index in [1.54, 1.807) is 35.4 Å². The molecule has 1 atom stereocenters. The molecule has 1 aliphatic heterocycles. The summed E-state index contributed by atoms with van der Waals surface area (Å²) in [6.45, 7) is 0.0617. The molecule has 4 rings (SSSR count). The van der Waals surface area contributed by atoms with E-state index in [0.29, 0.717) is 16.5 Å². The van der Waals surface area contributed by atoms with Crippen LogP contribution in [-0.2, 0) is 6.18 Å². The zero-order chi connectivity index (χ0) is 22.9. The summed E-state index contributed by atoms with van der Waals surface area (Å²) in [6, 6.07) is 12.3. The third-order valence-electron chi connectivity index (χ3n) is 4.81. The summed E-state index contributed by atoms with van der Waals surface area (Å²) >= 11 is 6.29. The van der Waals surface area contributed by atoms with Crippen LogP contribution in [0.25, 0.3) is 0 Å². The van der Waals surface area contributed by atoms with E-state index in [1.165, 1.54) is 18.2 Å². The van der Waals surface area contributed by atoms with Crippen LogP contribution in [0.5, 0.6) is 5.75 Å². The lowest BCUT2D eigenvalue weighted by Crippen LogP contribution is -2.30. The minimum Gasteiger partial charge on any atom is -0.488 e. The maximum atomic E-state index is 12.9. The zero-order valence-corrected chi connectivity index (χ0v) is 17.2. The van der Waals surface area contributed by atoms with E-state index in [9.17, 15) is 23.1 Å². The number of para-hydroxylation sites is 1. The number of halogens is 4. The van der Waals surface area contributed by atoms with Gasteiger partial charge in [0.1, 0.15) is 12.7 Å². The average Bonchev–Trinajstić information content (AvgIpc) is 2.92. The molecule has 6 nitrogen and oxygen atoms in total. The number of anilines is 3. The molecule has 2 heterocycles. The lowest BCUT2D eigenvalue weighted by atomic mass is 10.1. The number of nitrogens with zero attached hydrogens (tertiary/aromatic N) is 2. The van der Waals surface area contributed by atoms with Gasteiger partial charge in [-0.1, -0.05) is 17.7 Å². The summed E-state index contributed by atoms with van der Waals surface area (Å²) in [4.78, 5) is 18.9. The Balaban J connectivity index is 1.67. The number of hydrogen-bond acceptors (Lipinski definition) is 5. The first-order valence-electron chi connectivity index (χ1n) is 9.54. The lowest BCUT2D eigenvalue weighted by Gasteiger charge is -2.25. The second-order valence-corrected chi connectivity index (χ2v) is 7.47. The standard InChI is InChI=1S/C22H17ClF3N3O3/c23-17-4-2-10-27-20(17)29-11-15(30)12-32-19-16(3-1-5-18(19)29)21(31)28-14-8-6-13(7-9-14)22(24,25)26/h1-10,15,30H,11-12H2,(H,28,31). The average molecular weight is 464 g/mol. The minimum atomic E-state index is -4.47. The van der Waals surface area contributed by atoms with E-state index >= 15 is 0 Å². The van der Waals surface area contributed by atoms with Crippen molar-refractivity contribution in [2.45, 2.75) is 12.3 Å². The Morgan fingerprint density at radius 2 is 1.91 bits per heavy atom. The van der Waals surface area contributed by atoms with Crippen molar-refractivity contribution in [2.24, 2.45) is 0 Å². The summed E-state index contributed by atoms with van der Waals surface area (Å²) in [6.07, 6.45) is -3.80. The van der Waals surface area contributed by atoms with Crippen LogP contribution in [0.1, 0.15) is 15.9 Å². The van der Waals surface area contributed by atoms with E-state index < -0.39 is 23.8 Å². The van der Waals surface area contributed by atoms with Crippen LogP contribution in [0.3, 0.4) is 0 Å². The van der Waals surface area contributed by atoms with Gasteiger partial charge < -0.3 is 20.1 Å². The van der Waals surface area contributed by atoms with Crippen molar-refractivity contribution in [3.05, 3.63) is 76.9 Å². The van der Waals surface area contributed by atoms with Crippen molar-refractivity contribution in [1.29, 1.82) is 0 Å². The SMILES string of the molecule is O=C(Nc1ccc(C(F)(F)F)cc1)c1cccc2c1OCC(O)CN2c1ncccc1Cl. The molecule has 0 spiro atoms. The van der Waals surface area contributed by atoms with Crippen LogP contribution in [0.2, 0.25) is 5.02 Å². The Bertz CT molecular complexity index is 1140. The number of rotatable bonds is 3. The van der Waals surface area contributed by atoms with Crippen LogP contribution in [0.4, 0.5) is 30.4 Å². The molecule has 0 aliphatic carbocycles. The van der Waals surface area contributed by atoms with Gasteiger partial charge in [0.25, 0.3) is 5.91 Å². The van der Waals surface area contributed by atoms with E-state index in [0.717, 1.165) is 12.1 Å². The van der Waals surface area contributed by atoms with Crippen LogP contribution >= 0.6 is 11.6 Å². The molecule has 1 aliphatic rings. The van der Waals surface area contributed by atoms with Gasteiger partial charge in [-0.05, 0) is 48.5 Å². The summed E-state index contributed by atoms with van der Waals surface area (Å²) in [5.74, 6) is 0.0144. The smallest absolute Gasteiger partial charge is 0.416 e. The number of β-amino-alcohol motifs (C(OH)–C–C–N with tert-alkyl or cyclic N) is 1. The molecule has 0 radical (unpaired) electrons.